The molecule has 1 spiro atoms. The molecule has 3 rings (SSSR count). The van der Waals surface area contributed by atoms with Gasteiger partial charge in [0.25, 0.3) is 0 Å². The van der Waals surface area contributed by atoms with E-state index in [0.29, 0.717) is 12.5 Å². The summed E-state index contributed by atoms with van der Waals surface area (Å²) in [5.74, 6) is 0.425. The van der Waals surface area contributed by atoms with E-state index in [0.717, 1.165) is 38.2 Å². The first-order valence-corrected chi connectivity index (χ1v) is 6.77. The summed E-state index contributed by atoms with van der Waals surface area (Å²) < 4.78 is 19.6. The van der Waals surface area contributed by atoms with Crippen LogP contribution in [-0.4, -0.2) is 34.2 Å². The molecule has 2 aliphatic rings. The Morgan fingerprint density at radius 3 is 3.18 bits per heavy atom. The van der Waals surface area contributed by atoms with Gasteiger partial charge in [-0.3, -0.25) is 0 Å². The zero-order chi connectivity index (χ0) is 11.7. The third-order valence-corrected chi connectivity index (χ3v) is 4.32. The van der Waals surface area contributed by atoms with Crippen molar-refractivity contribution in [2.75, 3.05) is 19.8 Å². The van der Waals surface area contributed by atoms with Gasteiger partial charge >= 0.3 is 0 Å². The van der Waals surface area contributed by atoms with Gasteiger partial charge < -0.3 is 15.2 Å². The topological polar surface area (TPSA) is 70.3 Å². The zero-order valence-corrected chi connectivity index (χ0v) is 10.5. The van der Waals surface area contributed by atoms with Gasteiger partial charge in [0.1, 0.15) is 0 Å². The summed E-state index contributed by atoms with van der Waals surface area (Å²) in [6.45, 7) is 2.30. The van der Waals surface area contributed by atoms with Gasteiger partial charge in [-0.05, 0) is 18.8 Å². The lowest BCUT2D eigenvalue weighted by Gasteiger charge is -2.38. The fourth-order valence-corrected chi connectivity index (χ4v) is 3.26. The molecule has 0 bridgehead atoms. The van der Waals surface area contributed by atoms with E-state index in [-0.39, 0.29) is 11.6 Å². The second kappa shape index (κ2) is 4.61. The standard InChI is InChI=1S/C11H17N3O2S/c12-10(9-6-13-17-14-9)8-1-3-16-11(5-8)2-4-15-7-11/h6,8,10H,1-5,7,12H2. The van der Waals surface area contributed by atoms with E-state index in [9.17, 15) is 0 Å². The molecule has 94 valence electrons. The van der Waals surface area contributed by atoms with Crippen LogP contribution in [0.3, 0.4) is 0 Å². The number of nitrogens with zero attached hydrogens (tertiary/aromatic N) is 2. The van der Waals surface area contributed by atoms with Crippen molar-refractivity contribution in [3.8, 4) is 0 Å². The maximum Gasteiger partial charge on any atom is 0.0940 e. The lowest BCUT2D eigenvalue weighted by molar-refractivity contribution is -0.101. The fourth-order valence-electron chi connectivity index (χ4n) is 2.80. The summed E-state index contributed by atoms with van der Waals surface area (Å²) in [5.41, 5.74) is 7.11. The highest BCUT2D eigenvalue weighted by Gasteiger charge is 2.42. The van der Waals surface area contributed by atoms with Crippen LogP contribution in [0.1, 0.15) is 31.0 Å². The first-order chi connectivity index (χ1) is 8.29. The quantitative estimate of drug-likeness (QED) is 0.857. The molecule has 6 heteroatoms. The van der Waals surface area contributed by atoms with Crippen molar-refractivity contribution in [2.24, 2.45) is 11.7 Å². The number of hydrogen-bond acceptors (Lipinski definition) is 6. The van der Waals surface area contributed by atoms with Gasteiger partial charge in [-0.2, -0.15) is 8.75 Å². The Balaban J connectivity index is 1.71. The molecule has 0 amide bonds. The van der Waals surface area contributed by atoms with Gasteiger partial charge in [-0.1, -0.05) is 0 Å². The summed E-state index contributed by atoms with van der Waals surface area (Å²) in [7, 11) is 0. The van der Waals surface area contributed by atoms with Crippen LogP contribution in [0.5, 0.6) is 0 Å². The normalized spacial score (nSPS) is 35.2. The number of rotatable bonds is 2. The maximum absolute atomic E-state index is 6.27. The van der Waals surface area contributed by atoms with E-state index in [1.807, 2.05) is 0 Å². The first kappa shape index (κ1) is 11.5. The van der Waals surface area contributed by atoms with Crippen LogP contribution < -0.4 is 5.73 Å². The molecule has 2 N–H and O–H groups in total. The van der Waals surface area contributed by atoms with Crippen LogP contribution in [0.2, 0.25) is 0 Å². The Labute approximate surface area is 105 Å². The highest BCUT2D eigenvalue weighted by atomic mass is 32.1. The lowest BCUT2D eigenvalue weighted by Crippen LogP contribution is -2.43. The Hall–Kier alpha value is -0.560. The highest BCUT2D eigenvalue weighted by molar-refractivity contribution is 6.99. The molecule has 2 fully saturated rings. The van der Waals surface area contributed by atoms with Crippen molar-refractivity contribution in [1.82, 2.24) is 8.75 Å². The second-order valence-corrected chi connectivity index (χ2v) is 5.50. The SMILES string of the molecule is NC(c1cnsn1)C1CCOC2(CCOC2)C1. The van der Waals surface area contributed by atoms with Crippen LogP contribution >= 0.6 is 11.7 Å². The molecule has 3 heterocycles. The van der Waals surface area contributed by atoms with Crippen molar-refractivity contribution < 1.29 is 9.47 Å². The molecule has 1 aromatic rings. The summed E-state index contributed by atoms with van der Waals surface area (Å²) in [6, 6.07) is -0.0184. The van der Waals surface area contributed by atoms with Crippen molar-refractivity contribution in [3.05, 3.63) is 11.9 Å². The van der Waals surface area contributed by atoms with Crippen LogP contribution in [0.4, 0.5) is 0 Å². The monoisotopic (exact) mass is 255 g/mol. The van der Waals surface area contributed by atoms with E-state index in [2.05, 4.69) is 8.75 Å². The van der Waals surface area contributed by atoms with E-state index in [1.54, 1.807) is 6.20 Å². The molecule has 0 radical (unpaired) electrons. The maximum atomic E-state index is 6.27. The molecule has 0 aromatic carbocycles. The third kappa shape index (κ3) is 2.22. The number of aromatic nitrogens is 2. The van der Waals surface area contributed by atoms with Crippen molar-refractivity contribution >= 4 is 11.7 Å². The largest absolute Gasteiger partial charge is 0.378 e. The van der Waals surface area contributed by atoms with E-state index in [1.165, 1.54) is 11.7 Å². The summed E-state index contributed by atoms with van der Waals surface area (Å²) in [5, 5.41) is 0. The zero-order valence-electron chi connectivity index (χ0n) is 9.67. The van der Waals surface area contributed by atoms with Crippen molar-refractivity contribution in [3.63, 3.8) is 0 Å². The molecule has 2 aliphatic heterocycles. The molecular formula is C11H17N3O2S. The smallest absolute Gasteiger partial charge is 0.0940 e. The minimum Gasteiger partial charge on any atom is -0.378 e. The minimum absolute atomic E-state index is 0.0184. The van der Waals surface area contributed by atoms with Crippen LogP contribution in [-0.2, 0) is 9.47 Å². The molecule has 3 unspecified atom stereocenters. The molecule has 17 heavy (non-hydrogen) atoms. The van der Waals surface area contributed by atoms with Crippen LogP contribution in [0.25, 0.3) is 0 Å². The predicted octanol–water partition coefficient (Wildman–Crippen LogP) is 1.12. The molecule has 5 nitrogen and oxygen atoms in total. The molecule has 0 aliphatic carbocycles. The predicted molar refractivity (Wildman–Crippen MR) is 63.7 cm³/mol. The molecule has 3 atom stereocenters. The van der Waals surface area contributed by atoms with Gasteiger partial charge in [0.05, 0.1) is 41.9 Å². The van der Waals surface area contributed by atoms with Gasteiger partial charge in [0.2, 0.25) is 0 Å². The Bertz CT molecular complexity index is 365. The molecule has 0 saturated carbocycles. The Morgan fingerprint density at radius 1 is 1.53 bits per heavy atom. The first-order valence-electron chi connectivity index (χ1n) is 6.04. The van der Waals surface area contributed by atoms with Gasteiger partial charge in [0, 0.05) is 19.6 Å². The van der Waals surface area contributed by atoms with Gasteiger partial charge in [-0.15, -0.1) is 0 Å². The van der Waals surface area contributed by atoms with Crippen molar-refractivity contribution in [2.45, 2.75) is 30.9 Å². The average molecular weight is 255 g/mol. The van der Waals surface area contributed by atoms with Gasteiger partial charge in [-0.25, -0.2) is 0 Å². The Morgan fingerprint density at radius 2 is 2.47 bits per heavy atom. The lowest BCUT2D eigenvalue weighted by atomic mass is 9.80. The summed E-state index contributed by atoms with van der Waals surface area (Å²) in [6.07, 6.45) is 4.75. The van der Waals surface area contributed by atoms with Crippen LogP contribution in [0.15, 0.2) is 6.20 Å². The second-order valence-electron chi connectivity index (χ2n) is 4.95. The van der Waals surface area contributed by atoms with Crippen LogP contribution in [0, 0.1) is 5.92 Å². The van der Waals surface area contributed by atoms with E-state index < -0.39 is 0 Å². The van der Waals surface area contributed by atoms with E-state index in [4.69, 9.17) is 15.2 Å². The summed E-state index contributed by atoms with van der Waals surface area (Å²) >= 11 is 1.22. The van der Waals surface area contributed by atoms with Crippen molar-refractivity contribution in [1.29, 1.82) is 0 Å². The highest BCUT2D eigenvalue weighted by Crippen LogP contribution is 2.39. The molecule has 1 aromatic heterocycles. The van der Waals surface area contributed by atoms with E-state index >= 15 is 0 Å². The molecule has 2 saturated heterocycles. The Kier molecular flexibility index (Phi) is 3.12. The van der Waals surface area contributed by atoms with Gasteiger partial charge in [0.15, 0.2) is 0 Å². The minimum atomic E-state index is -0.0794. The molecular weight excluding hydrogens is 238 g/mol. The number of nitrogens with two attached hydrogens (primary N) is 1. The third-order valence-electron chi connectivity index (χ3n) is 3.83. The average Bonchev–Trinajstić information content (AvgIpc) is 3.00. The fraction of sp³-hybridized carbons (Fsp3) is 0.818. The number of hydrogen-bond donors (Lipinski definition) is 1. The number of ether oxygens (including phenoxy) is 2. The summed E-state index contributed by atoms with van der Waals surface area (Å²) in [4.78, 5) is 0.